The van der Waals surface area contributed by atoms with E-state index < -0.39 is 0 Å². The minimum Gasteiger partial charge on any atom is -0.341 e. The number of benzene rings is 1. The molecule has 1 N–H and O–H groups in total. The normalized spacial score (nSPS) is 15.5. The van der Waals surface area contributed by atoms with Crippen LogP contribution in [0.3, 0.4) is 0 Å². The van der Waals surface area contributed by atoms with Crippen LogP contribution in [-0.4, -0.2) is 28.0 Å². The molecule has 3 nitrogen and oxygen atoms in total. The van der Waals surface area contributed by atoms with Gasteiger partial charge in [0.15, 0.2) is 0 Å². The molecule has 1 fully saturated rings. The third-order valence-corrected chi connectivity index (χ3v) is 3.01. The molecule has 3 rings (SSSR count). The van der Waals surface area contributed by atoms with E-state index in [1.54, 1.807) is 0 Å². The SMILES string of the molecule is Cl.Cl.c1ccc2[nH]c(CN3CCCC3)nc2c1. The van der Waals surface area contributed by atoms with E-state index in [4.69, 9.17) is 0 Å². The van der Waals surface area contributed by atoms with Gasteiger partial charge >= 0.3 is 0 Å². The molecule has 94 valence electrons. The van der Waals surface area contributed by atoms with Crippen LogP contribution in [0.2, 0.25) is 0 Å². The fourth-order valence-electron chi connectivity index (χ4n) is 2.23. The summed E-state index contributed by atoms with van der Waals surface area (Å²) in [5.41, 5.74) is 2.22. The molecule has 0 spiro atoms. The van der Waals surface area contributed by atoms with Crippen LogP contribution >= 0.6 is 24.8 Å². The number of H-pyrrole nitrogens is 1. The van der Waals surface area contributed by atoms with Crippen molar-refractivity contribution in [3.63, 3.8) is 0 Å². The van der Waals surface area contributed by atoms with Gasteiger partial charge < -0.3 is 4.98 Å². The minimum absolute atomic E-state index is 0. The molecule has 0 radical (unpaired) electrons. The van der Waals surface area contributed by atoms with Crippen LogP contribution in [0.4, 0.5) is 0 Å². The van der Waals surface area contributed by atoms with Gasteiger partial charge in [0.1, 0.15) is 5.82 Å². The van der Waals surface area contributed by atoms with Gasteiger partial charge in [0.05, 0.1) is 17.6 Å². The van der Waals surface area contributed by atoms with E-state index >= 15 is 0 Å². The van der Waals surface area contributed by atoms with Crippen LogP contribution in [0.5, 0.6) is 0 Å². The molecule has 2 aromatic rings. The average molecular weight is 274 g/mol. The van der Waals surface area contributed by atoms with E-state index in [-0.39, 0.29) is 24.8 Å². The van der Waals surface area contributed by atoms with Crippen LogP contribution in [-0.2, 0) is 6.54 Å². The van der Waals surface area contributed by atoms with Gasteiger partial charge in [-0.3, -0.25) is 4.90 Å². The van der Waals surface area contributed by atoms with Gasteiger partial charge in [0.25, 0.3) is 0 Å². The van der Waals surface area contributed by atoms with Crippen LogP contribution in [0.1, 0.15) is 18.7 Å². The van der Waals surface area contributed by atoms with E-state index in [9.17, 15) is 0 Å². The van der Waals surface area contributed by atoms with Crippen LogP contribution in [0, 0.1) is 0 Å². The number of hydrogen-bond acceptors (Lipinski definition) is 2. The van der Waals surface area contributed by atoms with Crippen LogP contribution < -0.4 is 0 Å². The lowest BCUT2D eigenvalue weighted by molar-refractivity contribution is 0.324. The van der Waals surface area contributed by atoms with Crippen molar-refractivity contribution in [2.24, 2.45) is 0 Å². The van der Waals surface area contributed by atoms with Crippen LogP contribution in [0.15, 0.2) is 24.3 Å². The van der Waals surface area contributed by atoms with Crippen LogP contribution in [0.25, 0.3) is 11.0 Å². The third kappa shape index (κ3) is 3.12. The predicted molar refractivity (Wildman–Crippen MR) is 75.1 cm³/mol. The van der Waals surface area contributed by atoms with Crippen molar-refractivity contribution in [2.45, 2.75) is 19.4 Å². The first-order chi connectivity index (χ1) is 7.42. The highest BCUT2D eigenvalue weighted by Crippen LogP contribution is 2.14. The Hall–Kier alpha value is -0.770. The Balaban J connectivity index is 0.000000722. The number of hydrogen-bond donors (Lipinski definition) is 1. The van der Waals surface area contributed by atoms with Crippen molar-refractivity contribution in [3.8, 4) is 0 Å². The first-order valence-electron chi connectivity index (χ1n) is 5.58. The van der Waals surface area contributed by atoms with Gasteiger partial charge in [-0.05, 0) is 38.1 Å². The lowest BCUT2D eigenvalue weighted by Gasteiger charge is -2.11. The molecule has 17 heavy (non-hydrogen) atoms. The number of halogens is 2. The number of likely N-dealkylation sites (tertiary alicyclic amines) is 1. The summed E-state index contributed by atoms with van der Waals surface area (Å²) in [6.07, 6.45) is 2.67. The summed E-state index contributed by atoms with van der Waals surface area (Å²) in [5.74, 6) is 1.10. The molecule has 0 bridgehead atoms. The molecule has 0 unspecified atom stereocenters. The Labute approximate surface area is 113 Å². The molecule has 1 aliphatic heterocycles. The van der Waals surface area contributed by atoms with Crippen molar-refractivity contribution < 1.29 is 0 Å². The standard InChI is InChI=1S/C12H15N3.2ClH/c1-2-6-11-10(5-1)13-12(14-11)9-15-7-3-4-8-15;;/h1-2,5-6H,3-4,7-9H2,(H,13,14);2*1H. The number of aromatic nitrogens is 2. The number of aromatic amines is 1. The van der Waals surface area contributed by atoms with Gasteiger partial charge in [-0.1, -0.05) is 12.1 Å². The summed E-state index contributed by atoms with van der Waals surface area (Å²) in [6, 6.07) is 8.21. The van der Waals surface area contributed by atoms with E-state index in [0.717, 1.165) is 23.4 Å². The molecule has 1 aliphatic rings. The maximum atomic E-state index is 4.58. The second-order valence-corrected chi connectivity index (χ2v) is 4.18. The molecule has 1 aromatic carbocycles. The van der Waals surface area contributed by atoms with Crippen molar-refractivity contribution in [2.75, 3.05) is 13.1 Å². The summed E-state index contributed by atoms with van der Waals surface area (Å²) in [5, 5.41) is 0. The molecular formula is C12H17Cl2N3. The molecule has 0 saturated carbocycles. The number of nitrogens with zero attached hydrogens (tertiary/aromatic N) is 2. The Morgan fingerprint density at radius 2 is 1.82 bits per heavy atom. The van der Waals surface area contributed by atoms with E-state index in [0.29, 0.717) is 0 Å². The van der Waals surface area contributed by atoms with Gasteiger partial charge in [0, 0.05) is 0 Å². The summed E-state index contributed by atoms with van der Waals surface area (Å²) in [7, 11) is 0. The van der Waals surface area contributed by atoms with Gasteiger partial charge in [-0.15, -0.1) is 24.8 Å². The Kier molecular flexibility index (Phi) is 5.25. The lowest BCUT2D eigenvalue weighted by Crippen LogP contribution is -2.19. The minimum atomic E-state index is 0. The zero-order valence-corrected chi connectivity index (χ0v) is 11.2. The fourth-order valence-corrected chi connectivity index (χ4v) is 2.23. The Morgan fingerprint density at radius 1 is 1.12 bits per heavy atom. The molecule has 5 heteroatoms. The number of fused-ring (bicyclic) bond motifs is 1. The summed E-state index contributed by atoms with van der Waals surface area (Å²) in [6.45, 7) is 3.41. The van der Waals surface area contributed by atoms with Crippen molar-refractivity contribution in [1.82, 2.24) is 14.9 Å². The van der Waals surface area contributed by atoms with Crippen molar-refractivity contribution >= 4 is 35.8 Å². The Bertz CT molecular complexity index is 430. The monoisotopic (exact) mass is 273 g/mol. The average Bonchev–Trinajstić information content (AvgIpc) is 2.86. The van der Waals surface area contributed by atoms with Crippen molar-refractivity contribution in [3.05, 3.63) is 30.1 Å². The molecule has 1 saturated heterocycles. The summed E-state index contributed by atoms with van der Waals surface area (Å²) in [4.78, 5) is 10.4. The molecular weight excluding hydrogens is 257 g/mol. The largest absolute Gasteiger partial charge is 0.341 e. The fraction of sp³-hybridized carbons (Fsp3) is 0.417. The maximum Gasteiger partial charge on any atom is 0.121 e. The molecule has 0 aliphatic carbocycles. The number of imidazole rings is 1. The number of rotatable bonds is 2. The second-order valence-electron chi connectivity index (χ2n) is 4.18. The van der Waals surface area contributed by atoms with Gasteiger partial charge in [-0.2, -0.15) is 0 Å². The highest BCUT2D eigenvalue weighted by molar-refractivity contribution is 5.85. The zero-order chi connectivity index (χ0) is 10.1. The highest BCUT2D eigenvalue weighted by Gasteiger charge is 2.13. The number of nitrogens with one attached hydrogen (secondary N) is 1. The van der Waals surface area contributed by atoms with E-state index in [1.807, 2.05) is 12.1 Å². The topological polar surface area (TPSA) is 31.9 Å². The van der Waals surface area contributed by atoms with E-state index in [2.05, 4.69) is 27.0 Å². The Morgan fingerprint density at radius 3 is 2.53 bits per heavy atom. The summed E-state index contributed by atoms with van der Waals surface area (Å²) < 4.78 is 0. The number of para-hydroxylation sites is 2. The maximum absolute atomic E-state index is 4.58. The molecule has 0 atom stereocenters. The van der Waals surface area contributed by atoms with E-state index in [1.165, 1.54) is 25.9 Å². The first kappa shape index (κ1) is 14.3. The van der Waals surface area contributed by atoms with Crippen molar-refractivity contribution in [1.29, 1.82) is 0 Å². The van der Waals surface area contributed by atoms with Gasteiger partial charge in [-0.25, -0.2) is 4.98 Å². The molecule has 0 amide bonds. The zero-order valence-electron chi connectivity index (χ0n) is 9.56. The smallest absolute Gasteiger partial charge is 0.121 e. The predicted octanol–water partition coefficient (Wildman–Crippen LogP) is 3.00. The first-order valence-corrected chi connectivity index (χ1v) is 5.58. The third-order valence-electron chi connectivity index (χ3n) is 3.01. The summed E-state index contributed by atoms with van der Waals surface area (Å²) >= 11 is 0. The lowest BCUT2D eigenvalue weighted by atomic mass is 10.3. The van der Waals surface area contributed by atoms with Gasteiger partial charge in [0.2, 0.25) is 0 Å². The molecule has 1 aromatic heterocycles. The molecule has 2 heterocycles. The quantitative estimate of drug-likeness (QED) is 0.913. The second kappa shape index (κ2) is 6.24. The highest BCUT2D eigenvalue weighted by atomic mass is 35.5.